The Balaban J connectivity index is 4.82. The third-order valence-electron chi connectivity index (χ3n) is 2.59. The molecular formula is C17H31NO5. The quantitative estimate of drug-likeness (QED) is 0.757. The Morgan fingerprint density at radius 3 is 1.78 bits per heavy atom. The second-order valence-corrected chi connectivity index (χ2v) is 7.87. The summed E-state index contributed by atoms with van der Waals surface area (Å²) >= 11 is 0. The first-order chi connectivity index (χ1) is 10.2. The Labute approximate surface area is 139 Å². The van der Waals surface area contributed by atoms with Crippen LogP contribution in [0.5, 0.6) is 0 Å². The van der Waals surface area contributed by atoms with Crippen molar-refractivity contribution >= 4 is 17.8 Å². The van der Waals surface area contributed by atoms with Crippen LogP contribution in [0.15, 0.2) is 0 Å². The summed E-state index contributed by atoms with van der Waals surface area (Å²) < 4.78 is 10.5. The fraction of sp³-hybridized carbons (Fsp3) is 0.824. The Morgan fingerprint density at radius 1 is 0.913 bits per heavy atom. The van der Waals surface area contributed by atoms with Crippen LogP contribution in [0.25, 0.3) is 0 Å². The lowest BCUT2D eigenvalue weighted by Gasteiger charge is -2.25. The highest BCUT2D eigenvalue weighted by Gasteiger charge is 2.28. The number of rotatable bonds is 6. The van der Waals surface area contributed by atoms with Gasteiger partial charge in [-0.2, -0.15) is 0 Å². The van der Waals surface area contributed by atoms with Gasteiger partial charge in [0.2, 0.25) is 5.91 Å². The molecule has 0 saturated carbocycles. The summed E-state index contributed by atoms with van der Waals surface area (Å²) in [5.74, 6) is -1.48. The standard InChI is InChI=1S/C17H31NO5/c1-11(2)14(20)18-12(15(21)23-17(6,7)8)9-10-13(19)22-16(3,4)5/h11-12H,9-10H2,1-8H3,(H,18,20)/t12-/m0/s1. The molecule has 0 heterocycles. The van der Waals surface area contributed by atoms with Crippen molar-refractivity contribution in [3.05, 3.63) is 0 Å². The Morgan fingerprint density at radius 2 is 1.39 bits per heavy atom. The fourth-order valence-corrected chi connectivity index (χ4v) is 1.61. The predicted molar refractivity (Wildman–Crippen MR) is 87.7 cm³/mol. The number of esters is 2. The van der Waals surface area contributed by atoms with E-state index in [0.717, 1.165) is 0 Å². The van der Waals surface area contributed by atoms with Crippen LogP contribution in [-0.2, 0) is 23.9 Å². The van der Waals surface area contributed by atoms with E-state index in [0.29, 0.717) is 0 Å². The van der Waals surface area contributed by atoms with Gasteiger partial charge in [-0.3, -0.25) is 9.59 Å². The number of carbonyl (C=O) groups is 3. The maximum atomic E-state index is 12.2. The molecule has 0 aromatic rings. The Hall–Kier alpha value is -1.59. The molecule has 6 heteroatoms. The average molecular weight is 329 g/mol. The van der Waals surface area contributed by atoms with Crippen LogP contribution >= 0.6 is 0 Å². The highest BCUT2D eigenvalue weighted by atomic mass is 16.6. The third kappa shape index (κ3) is 10.7. The molecule has 23 heavy (non-hydrogen) atoms. The lowest BCUT2D eigenvalue weighted by atomic mass is 10.1. The van der Waals surface area contributed by atoms with Gasteiger partial charge in [-0.25, -0.2) is 4.79 Å². The molecule has 0 saturated heterocycles. The van der Waals surface area contributed by atoms with Crippen LogP contribution in [0.3, 0.4) is 0 Å². The van der Waals surface area contributed by atoms with Crippen LogP contribution in [-0.4, -0.2) is 35.1 Å². The summed E-state index contributed by atoms with van der Waals surface area (Å²) in [4.78, 5) is 35.9. The van der Waals surface area contributed by atoms with Crippen molar-refractivity contribution in [1.29, 1.82) is 0 Å². The molecule has 0 aromatic carbocycles. The summed E-state index contributed by atoms with van der Waals surface area (Å²) in [7, 11) is 0. The van der Waals surface area contributed by atoms with Gasteiger partial charge in [-0.05, 0) is 48.0 Å². The zero-order chi connectivity index (χ0) is 18.4. The first kappa shape index (κ1) is 21.4. The largest absolute Gasteiger partial charge is 0.460 e. The lowest BCUT2D eigenvalue weighted by Crippen LogP contribution is -2.45. The van der Waals surface area contributed by atoms with E-state index in [4.69, 9.17) is 9.47 Å². The molecule has 0 spiro atoms. The summed E-state index contributed by atoms with van der Waals surface area (Å²) in [5.41, 5.74) is -1.25. The van der Waals surface area contributed by atoms with E-state index < -0.39 is 29.2 Å². The van der Waals surface area contributed by atoms with Crippen LogP contribution in [0.2, 0.25) is 0 Å². The van der Waals surface area contributed by atoms with Gasteiger partial charge in [0.05, 0.1) is 0 Å². The minimum Gasteiger partial charge on any atom is -0.460 e. The number of hydrogen-bond acceptors (Lipinski definition) is 5. The predicted octanol–water partition coefficient (Wildman–Crippen LogP) is 2.59. The topological polar surface area (TPSA) is 81.7 Å². The first-order valence-electron chi connectivity index (χ1n) is 7.96. The van der Waals surface area contributed by atoms with E-state index in [1.54, 1.807) is 55.4 Å². The smallest absolute Gasteiger partial charge is 0.329 e. The molecule has 134 valence electrons. The summed E-state index contributed by atoms with van der Waals surface area (Å²) in [6.07, 6.45) is 0.168. The molecule has 0 bridgehead atoms. The molecule has 0 unspecified atom stereocenters. The normalized spacial score (nSPS) is 13.4. The van der Waals surface area contributed by atoms with Crippen molar-refractivity contribution in [1.82, 2.24) is 5.32 Å². The van der Waals surface area contributed by atoms with Gasteiger partial charge in [-0.15, -0.1) is 0 Å². The van der Waals surface area contributed by atoms with Gasteiger partial charge in [0, 0.05) is 12.3 Å². The van der Waals surface area contributed by atoms with Crippen LogP contribution in [0, 0.1) is 5.92 Å². The number of ether oxygens (including phenoxy) is 2. The van der Waals surface area contributed by atoms with E-state index in [9.17, 15) is 14.4 Å². The molecule has 1 N–H and O–H groups in total. The SMILES string of the molecule is CC(C)C(=O)N[C@@H](CCC(=O)OC(C)(C)C)C(=O)OC(C)(C)C. The van der Waals surface area contributed by atoms with Crippen LogP contribution < -0.4 is 5.32 Å². The highest BCUT2D eigenvalue weighted by molar-refractivity contribution is 5.86. The van der Waals surface area contributed by atoms with Gasteiger partial charge >= 0.3 is 11.9 Å². The van der Waals surface area contributed by atoms with E-state index in [-0.39, 0.29) is 24.7 Å². The van der Waals surface area contributed by atoms with Crippen molar-refractivity contribution in [3.8, 4) is 0 Å². The average Bonchev–Trinajstić information content (AvgIpc) is 2.29. The number of nitrogens with one attached hydrogen (secondary N) is 1. The van der Waals surface area contributed by atoms with E-state index >= 15 is 0 Å². The van der Waals surface area contributed by atoms with Crippen LogP contribution in [0.1, 0.15) is 68.2 Å². The van der Waals surface area contributed by atoms with Crippen molar-refractivity contribution < 1.29 is 23.9 Å². The lowest BCUT2D eigenvalue weighted by molar-refractivity contribution is -0.160. The van der Waals surface area contributed by atoms with Gasteiger partial charge in [0.25, 0.3) is 0 Å². The molecule has 0 aliphatic rings. The second kappa shape index (κ2) is 8.31. The van der Waals surface area contributed by atoms with Crippen molar-refractivity contribution in [2.45, 2.75) is 85.5 Å². The van der Waals surface area contributed by atoms with E-state index in [2.05, 4.69) is 5.32 Å². The fourth-order valence-electron chi connectivity index (χ4n) is 1.61. The minimum atomic E-state index is -0.864. The number of hydrogen-bond donors (Lipinski definition) is 1. The summed E-state index contributed by atoms with van der Waals surface area (Å²) in [6, 6.07) is -0.864. The highest BCUT2D eigenvalue weighted by Crippen LogP contribution is 2.14. The zero-order valence-electron chi connectivity index (χ0n) is 15.6. The molecule has 0 fully saturated rings. The molecule has 1 amide bonds. The van der Waals surface area contributed by atoms with Gasteiger partial charge in [0.15, 0.2) is 0 Å². The molecular weight excluding hydrogens is 298 g/mol. The molecule has 1 atom stereocenters. The minimum absolute atomic E-state index is 0.0273. The number of carbonyl (C=O) groups excluding carboxylic acids is 3. The van der Waals surface area contributed by atoms with Crippen molar-refractivity contribution in [2.75, 3.05) is 0 Å². The molecule has 0 rings (SSSR count). The van der Waals surface area contributed by atoms with Crippen molar-refractivity contribution in [2.24, 2.45) is 5.92 Å². The Bertz CT molecular complexity index is 429. The van der Waals surface area contributed by atoms with Gasteiger partial charge in [0.1, 0.15) is 17.2 Å². The molecule has 0 radical (unpaired) electrons. The molecule has 0 aromatic heterocycles. The van der Waals surface area contributed by atoms with Crippen LogP contribution in [0.4, 0.5) is 0 Å². The van der Waals surface area contributed by atoms with E-state index in [1.165, 1.54) is 0 Å². The summed E-state index contributed by atoms with van der Waals surface area (Å²) in [5, 5.41) is 2.64. The van der Waals surface area contributed by atoms with E-state index in [1.807, 2.05) is 0 Å². The van der Waals surface area contributed by atoms with Crippen molar-refractivity contribution in [3.63, 3.8) is 0 Å². The number of amides is 1. The second-order valence-electron chi connectivity index (χ2n) is 7.87. The van der Waals surface area contributed by atoms with Gasteiger partial charge in [-0.1, -0.05) is 13.8 Å². The first-order valence-corrected chi connectivity index (χ1v) is 7.96. The zero-order valence-corrected chi connectivity index (χ0v) is 15.6. The maximum absolute atomic E-state index is 12.2. The van der Waals surface area contributed by atoms with Gasteiger partial charge < -0.3 is 14.8 Å². The Kier molecular flexibility index (Phi) is 7.74. The third-order valence-corrected chi connectivity index (χ3v) is 2.59. The molecule has 0 aliphatic heterocycles. The monoisotopic (exact) mass is 329 g/mol. The molecule has 0 aliphatic carbocycles. The summed E-state index contributed by atoms with van der Waals surface area (Å²) in [6.45, 7) is 14.0. The maximum Gasteiger partial charge on any atom is 0.329 e. The molecule has 6 nitrogen and oxygen atoms in total.